The largest absolute Gasteiger partial charge is 0.497 e. The Morgan fingerprint density at radius 2 is 0.952 bits per heavy atom. The van der Waals surface area contributed by atoms with Crippen LogP contribution in [0, 0.1) is 0 Å². The van der Waals surface area contributed by atoms with Gasteiger partial charge in [0.1, 0.15) is 23.0 Å². The summed E-state index contributed by atoms with van der Waals surface area (Å²) in [5.41, 5.74) is 1.04. The maximum Gasteiger partial charge on any atom is 0.259 e. The minimum atomic E-state index is -0.539. The third-order valence-corrected chi connectivity index (χ3v) is 6.88. The second kappa shape index (κ2) is 11.5. The molecule has 0 aliphatic heterocycles. The predicted octanol–water partition coefficient (Wildman–Crippen LogP) is 5.00. The topological polar surface area (TPSA) is 129 Å². The van der Waals surface area contributed by atoms with E-state index in [4.69, 9.17) is 18.9 Å². The summed E-state index contributed by atoms with van der Waals surface area (Å²) in [6.45, 7) is 0. The van der Waals surface area contributed by atoms with E-state index in [1.165, 1.54) is 52.7 Å². The lowest BCUT2D eigenvalue weighted by Crippen LogP contribution is -2.26. The van der Waals surface area contributed by atoms with Gasteiger partial charge in [0, 0.05) is 23.3 Å². The number of methoxy groups -OCH3 is 4. The number of benzene rings is 4. The second-order valence-electron chi connectivity index (χ2n) is 9.16. The standard InChI is InChI=1S/C32H26N2O8/c1-39-17-11-13-19(25(15-17)41-3)31(37)33-23-9-5-7-21-27(23)29(35)22-8-6-10-24(28(22)30(21)36)34-32(38)20-14-12-18(40-2)16-26(20)42-4/h5-16H,1-4H3,(H,33,37)(H,34,38). The van der Waals surface area contributed by atoms with Crippen LogP contribution in [-0.4, -0.2) is 51.8 Å². The molecule has 0 heterocycles. The Morgan fingerprint density at radius 1 is 0.548 bits per heavy atom. The summed E-state index contributed by atoms with van der Waals surface area (Å²) in [4.78, 5) is 54.0. The molecule has 0 fully saturated rings. The fraction of sp³-hybridized carbons (Fsp3) is 0.125. The zero-order valence-electron chi connectivity index (χ0n) is 23.2. The van der Waals surface area contributed by atoms with Crippen LogP contribution in [0.5, 0.6) is 23.0 Å². The highest BCUT2D eigenvalue weighted by atomic mass is 16.5. The highest BCUT2D eigenvalue weighted by Crippen LogP contribution is 2.36. The molecule has 1 aliphatic rings. The minimum absolute atomic E-state index is 0.0520. The number of ether oxygens (including phenoxy) is 4. The van der Waals surface area contributed by atoms with Crippen LogP contribution >= 0.6 is 0 Å². The minimum Gasteiger partial charge on any atom is -0.497 e. The first kappa shape index (κ1) is 27.9. The Balaban J connectivity index is 1.49. The van der Waals surface area contributed by atoms with Crippen LogP contribution in [0.1, 0.15) is 52.6 Å². The lowest BCUT2D eigenvalue weighted by molar-refractivity contribution is 0.0977. The lowest BCUT2D eigenvalue weighted by atomic mass is 9.82. The van der Waals surface area contributed by atoms with Crippen LogP contribution in [0.15, 0.2) is 72.8 Å². The number of hydrogen-bond acceptors (Lipinski definition) is 8. The van der Waals surface area contributed by atoms with Gasteiger partial charge in [0.15, 0.2) is 11.6 Å². The molecule has 0 spiro atoms. The van der Waals surface area contributed by atoms with Crippen LogP contribution in [-0.2, 0) is 0 Å². The molecule has 10 nitrogen and oxygen atoms in total. The number of rotatable bonds is 8. The van der Waals surface area contributed by atoms with Crippen LogP contribution in [0.2, 0.25) is 0 Å². The lowest BCUT2D eigenvalue weighted by Gasteiger charge is -2.23. The summed E-state index contributed by atoms with van der Waals surface area (Å²) in [5.74, 6) is -0.466. The molecule has 0 aromatic heterocycles. The highest BCUT2D eigenvalue weighted by Gasteiger charge is 2.34. The normalized spacial score (nSPS) is 11.6. The molecule has 0 atom stereocenters. The number of fused-ring (bicyclic) bond motifs is 2. The van der Waals surface area contributed by atoms with Crippen LogP contribution in [0.4, 0.5) is 11.4 Å². The van der Waals surface area contributed by atoms with Gasteiger partial charge in [0.05, 0.1) is 62.1 Å². The van der Waals surface area contributed by atoms with Crippen molar-refractivity contribution in [3.05, 3.63) is 106 Å². The number of amides is 2. The van der Waals surface area contributed by atoms with E-state index >= 15 is 0 Å². The van der Waals surface area contributed by atoms with Gasteiger partial charge in [-0.05, 0) is 36.4 Å². The summed E-state index contributed by atoms with van der Waals surface area (Å²) in [5, 5.41) is 5.49. The molecule has 4 aromatic rings. The number of nitrogens with one attached hydrogen (secondary N) is 2. The Bertz CT molecular complexity index is 1630. The molecule has 42 heavy (non-hydrogen) atoms. The zero-order chi connectivity index (χ0) is 30.0. The van der Waals surface area contributed by atoms with Gasteiger partial charge in [-0.2, -0.15) is 0 Å². The number of carbonyl (C=O) groups is 4. The molecule has 2 N–H and O–H groups in total. The molecule has 0 bridgehead atoms. The van der Waals surface area contributed by atoms with Crippen molar-refractivity contribution in [2.45, 2.75) is 0 Å². The molecule has 4 aromatic carbocycles. The van der Waals surface area contributed by atoms with Gasteiger partial charge in [-0.3, -0.25) is 19.2 Å². The number of carbonyl (C=O) groups excluding carboxylic acids is 4. The van der Waals surface area contributed by atoms with Gasteiger partial charge in [0.25, 0.3) is 11.8 Å². The molecule has 212 valence electrons. The summed E-state index contributed by atoms with van der Waals surface area (Å²) in [7, 11) is 5.85. The molecule has 0 unspecified atom stereocenters. The van der Waals surface area contributed by atoms with Crippen molar-refractivity contribution in [1.82, 2.24) is 0 Å². The zero-order valence-corrected chi connectivity index (χ0v) is 23.2. The smallest absolute Gasteiger partial charge is 0.259 e. The van der Waals surface area contributed by atoms with Gasteiger partial charge in [-0.15, -0.1) is 0 Å². The van der Waals surface area contributed by atoms with E-state index in [0.29, 0.717) is 11.5 Å². The van der Waals surface area contributed by atoms with Gasteiger partial charge in [-0.1, -0.05) is 24.3 Å². The van der Waals surface area contributed by atoms with E-state index in [0.717, 1.165) is 0 Å². The van der Waals surface area contributed by atoms with Crippen molar-refractivity contribution in [2.75, 3.05) is 39.1 Å². The predicted molar refractivity (Wildman–Crippen MR) is 155 cm³/mol. The molecule has 0 radical (unpaired) electrons. The Morgan fingerprint density at radius 3 is 1.31 bits per heavy atom. The second-order valence-corrected chi connectivity index (χ2v) is 9.16. The summed E-state index contributed by atoms with van der Waals surface area (Å²) in [6, 6.07) is 18.7. The van der Waals surface area contributed by atoms with Crippen LogP contribution < -0.4 is 29.6 Å². The number of ketones is 2. The van der Waals surface area contributed by atoms with E-state index in [2.05, 4.69) is 10.6 Å². The molecule has 2 amide bonds. The quantitative estimate of drug-likeness (QED) is 0.269. The van der Waals surface area contributed by atoms with Gasteiger partial charge in [-0.25, -0.2) is 0 Å². The third-order valence-electron chi connectivity index (χ3n) is 6.88. The third kappa shape index (κ3) is 4.90. The van der Waals surface area contributed by atoms with E-state index in [1.807, 2.05) is 0 Å². The first-order valence-electron chi connectivity index (χ1n) is 12.7. The maximum atomic E-state index is 13.8. The van der Waals surface area contributed by atoms with Crippen molar-refractivity contribution < 1.29 is 38.1 Å². The van der Waals surface area contributed by atoms with Gasteiger partial charge < -0.3 is 29.6 Å². The van der Waals surface area contributed by atoms with Crippen LogP contribution in [0.25, 0.3) is 0 Å². The molecule has 0 saturated carbocycles. The van der Waals surface area contributed by atoms with Crippen molar-refractivity contribution in [1.29, 1.82) is 0 Å². The molecular formula is C32H26N2O8. The first-order chi connectivity index (χ1) is 20.3. The fourth-order valence-corrected chi connectivity index (χ4v) is 4.80. The Labute approximate surface area is 241 Å². The van der Waals surface area contributed by atoms with Crippen LogP contribution in [0.3, 0.4) is 0 Å². The molecule has 5 rings (SSSR count). The average molecular weight is 567 g/mol. The fourth-order valence-electron chi connectivity index (χ4n) is 4.80. The van der Waals surface area contributed by atoms with Crippen molar-refractivity contribution in [2.24, 2.45) is 0 Å². The summed E-state index contributed by atoms with van der Waals surface area (Å²) >= 11 is 0. The van der Waals surface area contributed by atoms with Gasteiger partial charge in [0.2, 0.25) is 0 Å². The van der Waals surface area contributed by atoms with Crippen molar-refractivity contribution in [3.8, 4) is 23.0 Å². The van der Waals surface area contributed by atoms with Crippen molar-refractivity contribution in [3.63, 3.8) is 0 Å². The SMILES string of the molecule is COc1ccc(C(=O)Nc2cccc3c2C(=O)c2cccc(NC(=O)c4ccc(OC)cc4OC)c2C3=O)c(OC)c1. The number of anilines is 2. The monoisotopic (exact) mass is 566 g/mol. The molecule has 1 aliphatic carbocycles. The Hall–Kier alpha value is -5.64. The van der Waals surface area contributed by atoms with Crippen molar-refractivity contribution >= 4 is 34.8 Å². The molecule has 0 saturated heterocycles. The average Bonchev–Trinajstić information content (AvgIpc) is 3.02. The summed E-state index contributed by atoms with van der Waals surface area (Å²) < 4.78 is 21.1. The van der Waals surface area contributed by atoms with E-state index < -0.39 is 23.4 Å². The number of hydrogen-bond donors (Lipinski definition) is 2. The molecule has 10 heteroatoms. The van der Waals surface area contributed by atoms with Gasteiger partial charge >= 0.3 is 0 Å². The maximum absolute atomic E-state index is 13.8. The summed E-state index contributed by atoms with van der Waals surface area (Å²) in [6.07, 6.45) is 0. The van der Waals surface area contributed by atoms with E-state index in [1.54, 1.807) is 48.5 Å². The van der Waals surface area contributed by atoms with E-state index in [-0.39, 0.29) is 56.3 Å². The molecular weight excluding hydrogens is 540 g/mol. The van der Waals surface area contributed by atoms with E-state index in [9.17, 15) is 19.2 Å². The Kier molecular flexibility index (Phi) is 7.61. The first-order valence-corrected chi connectivity index (χ1v) is 12.7. The highest BCUT2D eigenvalue weighted by molar-refractivity contribution is 6.33.